The minimum Gasteiger partial charge on any atom is -0.455 e. The van der Waals surface area contributed by atoms with Gasteiger partial charge in [0.25, 0.3) is 0 Å². The van der Waals surface area contributed by atoms with Crippen LogP contribution in [-0.2, 0) is 13.5 Å². The van der Waals surface area contributed by atoms with Gasteiger partial charge in [0.15, 0.2) is 0 Å². The van der Waals surface area contributed by atoms with Crippen molar-refractivity contribution in [3.05, 3.63) is 95.9 Å². The molecule has 3 aromatic heterocycles. The van der Waals surface area contributed by atoms with Gasteiger partial charge in [-0.3, -0.25) is 4.98 Å². The van der Waals surface area contributed by atoms with Gasteiger partial charge in [0.05, 0.1) is 7.06 Å². The number of fused-ring (bicyclic) bond motifs is 3. The molecule has 6 rings (SSSR count). The number of nitrogens with zero attached hydrogens (tertiary/aromatic N) is 3. The summed E-state index contributed by atoms with van der Waals surface area (Å²) in [4.78, 5) is 8.99. The summed E-state index contributed by atoms with van der Waals surface area (Å²) in [6.45, 7) is 0.937. The van der Waals surface area contributed by atoms with E-state index in [2.05, 4.69) is 9.97 Å². The SMILES string of the molecule is [2H]c1cc(CC(C)(C)C)cc(C([2H])([2H])[2H])c1-c1cc(-c2cccc3c2oc2cc(-c4nccn4C)ccc23)ncc1C([2H])([2H])[2H]. The van der Waals surface area contributed by atoms with Crippen molar-refractivity contribution in [2.45, 2.75) is 40.9 Å². The lowest BCUT2D eigenvalue weighted by molar-refractivity contribution is 0.411. The van der Waals surface area contributed by atoms with Crippen molar-refractivity contribution in [1.82, 2.24) is 14.5 Å². The molecular formula is C34H33N3O. The van der Waals surface area contributed by atoms with E-state index in [9.17, 15) is 0 Å². The normalized spacial score (nSPS) is 15.4. The molecule has 4 nitrogen and oxygen atoms in total. The van der Waals surface area contributed by atoms with Crippen LogP contribution < -0.4 is 0 Å². The van der Waals surface area contributed by atoms with Crippen LogP contribution in [0.2, 0.25) is 0 Å². The molecule has 0 spiro atoms. The van der Waals surface area contributed by atoms with E-state index in [1.807, 2.05) is 75.0 Å². The van der Waals surface area contributed by atoms with Gasteiger partial charge in [-0.1, -0.05) is 57.1 Å². The molecule has 3 aromatic carbocycles. The lowest BCUT2D eigenvalue weighted by Crippen LogP contribution is -2.09. The van der Waals surface area contributed by atoms with Gasteiger partial charge in [0, 0.05) is 55.8 Å². The van der Waals surface area contributed by atoms with E-state index in [0.29, 0.717) is 34.4 Å². The number of benzene rings is 3. The van der Waals surface area contributed by atoms with Gasteiger partial charge in [-0.2, -0.15) is 0 Å². The molecule has 0 saturated heterocycles. The topological polar surface area (TPSA) is 43.9 Å². The fraction of sp³-hybridized carbons (Fsp3) is 0.235. The maximum atomic E-state index is 8.97. The maximum absolute atomic E-state index is 8.97. The van der Waals surface area contributed by atoms with Crippen LogP contribution in [-0.4, -0.2) is 14.5 Å². The number of imidazole rings is 1. The number of rotatable bonds is 4. The highest BCUT2D eigenvalue weighted by atomic mass is 16.3. The average molecular weight is 507 g/mol. The first-order valence-electron chi connectivity index (χ1n) is 16.1. The average Bonchev–Trinajstić information content (AvgIpc) is 3.53. The molecule has 0 fully saturated rings. The fourth-order valence-corrected chi connectivity index (χ4v) is 5.07. The summed E-state index contributed by atoms with van der Waals surface area (Å²) in [5, 5.41) is 1.75. The molecule has 3 heterocycles. The third-order valence-electron chi connectivity index (χ3n) is 6.76. The molecule has 0 radical (unpaired) electrons. The second kappa shape index (κ2) is 8.98. The van der Waals surface area contributed by atoms with Gasteiger partial charge in [0.1, 0.15) is 17.0 Å². The lowest BCUT2D eigenvalue weighted by Gasteiger charge is -2.19. The molecular weight excluding hydrogens is 466 g/mol. The van der Waals surface area contributed by atoms with E-state index in [-0.39, 0.29) is 33.7 Å². The van der Waals surface area contributed by atoms with Crippen LogP contribution in [0, 0.1) is 19.1 Å². The predicted octanol–water partition coefficient (Wildman–Crippen LogP) is 8.92. The van der Waals surface area contributed by atoms with Crippen LogP contribution in [0.25, 0.3) is 55.7 Å². The van der Waals surface area contributed by atoms with Crippen molar-refractivity contribution in [3.63, 3.8) is 0 Å². The number of pyridine rings is 1. The van der Waals surface area contributed by atoms with E-state index in [1.165, 1.54) is 6.20 Å². The molecule has 38 heavy (non-hydrogen) atoms. The summed E-state index contributed by atoms with van der Waals surface area (Å²) < 4.78 is 67.2. The van der Waals surface area contributed by atoms with Gasteiger partial charge in [-0.25, -0.2) is 4.98 Å². The summed E-state index contributed by atoms with van der Waals surface area (Å²) in [6, 6.07) is 16.3. The third-order valence-corrected chi connectivity index (χ3v) is 6.76. The number of hydrogen-bond acceptors (Lipinski definition) is 3. The summed E-state index contributed by atoms with van der Waals surface area (Å²) in [5.74, 6) is 0.800. The number of aryl methyl sites for hydroxylation is 3. The molecule has 6 aromatic rings. The summed E-state index contributed by atoms with van der Waals surface area (Å²) in [5.41, 5.74) is 3.74. The highest BCUT2D eigenvalue weighted by Gasteiger charge is 2.17. The molecule has 190 valence electrons. The Morgan fingerprint density at radius 3 is 2.55 bits per heavy atom. The van der Waals surface area contributed by atoms with Crippen LogP contribution in [0.3, 0.4) is 0 Å². The predicted molar refractivity (Wildman–Crippen MR) is 157 cm³/mol. The summed E-state index contributed by atoms with van der Waals surface area (Å²) in [6.07, 6.45) is 5.44. The smallest absolute Gasteiger partial charge is 0.144 e. The molecule has 0 aliphatic heterocycles. The van der Waals surface area contributed by atoms with E-state index in [0.717, 1.165) is 22.2 Å². The van der Waals surface area contributed by atoms with Crippen molar-refractivity contribution < 1.29 is 14.0 Å². The molecule has 0 saturated carbocycles. The number of para-hydroxylation sites is 1. The zero-order valence-corrected chi connectivity index (χ0v) is 21.9. The van der Waals surface area contributed by atoms with E-state index < -0.39 is 13.7 Å². The van der Waals surface area contributed by atoms with Crippen LogP contribution >= 0.6 is 0 Å². The highest BCUT2D eigenvalue weighted by Crippen LogP contribution is 2.38. The Morgan fingerprint density at radius 2 is 1.79 bits per heavy atom. The second-order valence-corrected chi connectivity index (χ2v) is 11.0. The summed E-state index contributed by atoms with van der Waals surface area (Å²) in [7, 11) is 1.92. The zero-order chi connectivity index (χ0) is 32.5. The molecule has 0 atom stereocenters. The van der Waals surface area contributed by atoms with Crippen LogP contribution in [0.15, 0.2) is 83.6 Å². The first-order chi connectivity index (χ1) is 21.0. The van der Waals surface area contributed by atoms with Crippen molar-refractivity contribution in [3.8, 4) is 33.8 Å². The molecule has 0 unspecified atom stereocenters. The Hall–Kier alpha value is -4.18. The van der Waals surface area contributed by atoms with Gasteiger partial charge in [-0.15, -0.1) is 0 Å². The monoisotopic (exact) mass is 506 g/mol. The molecule has 0 aliphatic rings. The quantitative estimate of drug-likeness (QED) is 0.240. The Kier molecular flexibility index (Phi) is 4.10. The number of aromatic nitrogens is 3. The van der Waals surface area contributed by atoms with Crippen LogP contribution in [0.1, 0.15) is 47.1 Å². The van der Waals surface area contributed by atoms with Crippen molar-refractivity contribution in [1.29, 1.82) is 0 Å². The molecule has 4 heteroatoms. The van der Waals surface area contributed by atoms with Crippen LogP contribution in [0.4, 0.5) is 0 Å². The zero-order valence-electron chi connectivity index (χ0n) is 28.9. The van der Waals surface area contributed by atoms with Crippen molar-refractivity contribution >= 4 is 21.9 Å². The van der Waals surface area contributed by atoms with E-state index >= 15 is 0 Å². The largest absolute Gasteiger partial charge is 0.455 e. The Bertz CT molecular complexity index is 2080. The summed E-state index contributed by atoms with van der Waals surface area (Å²) >= 11 is 0. The number of hydrogen-bond donors (Lipinski definition) is 0. The standard InChI is InChI=1S/C34H33N3O/c1-21-16-23(19-34(3,4)5)10-12-25(21)29-18-30(36-20-22(29)2)28-9-7-8-27-26-13-11-24(17-31(26)38-32(27)28)33-35-14-15-37(33)6/h7-18,20H,19H2,1-6H3/i1D3,2D3,12D. The molecule has 0 aliphatic carbocycles. The lowest BCUT2D eigenvalue weighted by atomic mass is 9.86. The molecule has 0 amide bonds. The highest BCUT2D eigenvalue weighted by molar-refractivity contribution is 6.10. The molecule has 0 bridgehead atoms. The Labute approximate surface area is 233 Å². The number of furan rings is 1. The van der Waals surface area contributed by atoms with Gasteiger partial charge >= 0.3 is 0 Å². The van der Waals surface area contributed by atoms with E-state index in [4.69, 9.17) is 14.0 Å². The Balaban J connectivity index is 1.58. The minimum absolute atomic E-state index is 0.0470. The van der Waals surface area contributed by atoms with Gasteiger partial charge in [-0.05, 0) is 77.6 Å². The second-order valence-electron chi connectivity index (χ2n) is 11.0. The first-order valence-corrected chi connectivity index (χ1v) is 12.6. The van der Waals surface area contributed by atoms with Gasteiger partial charge in [0.2, 0.25) is 0 Å². The maximum Gasteiger partial charge on any atom is 0.144 e. The van der Waals surface area contributed by atoms with E-state index in [1.54, 1.807) is 24.4 Å². The van der Waals surface area contributed by atoms with Gasteiger partial charge < -0.3 is 8.98 Å². The Morgan fingerprint density at radius 1 is 0.921 bits per heavy atom. The third kappa shape index (κ3) is 4.30. The molecule has 0 N–H and O–H groups in total. The first kappa shape index (κ1) is 17.4. The fourth-order valence-electron chi connectivity index (χ4n) is 5.07. The van der Waals surface area contributed by atoms with Crippen LogP contribution in [0.5, 0.6) is 0 Å². The minimum atomic E-state index is -2.60. The van der Waals surface area contributed by atoms with Crippen molar-refractivity contribution in [2.75, 3.05) is 0 Å². The van der Waals surface area contributed by atoms with Crippen molar-refractivity contribution in [2.24, 2.45) is 12.5 Å².